The lowest BCUT2D eigenvalue weighted by atomic mass is 10.1. The van der Waals surface area contributed by atoms with Gasteiger partial charge in [-0.15, -0.1) is 0 Å². The Bertz CT molecular complexity index is 377. The third-order valence-electron chi connectivity index (χ3n) is 3.26. The number of hydrogen-bond acceptors (Lipinski definition) is 4. The van der Waals surface area contributed by atoms with E-state index in [4.69, 9.17) is 14.2 Å². The van der Waals surface area contributed by atoms with Crippen molar-refractivity contribution in [2.75, 3.05) is 26.6 Å². The minimum atomic E-state index is 0.261. The summed E-state index contributed by atoms with van der Waals surface area (Å²) in [4.78, 5) is 0. The van der Waals surface area contributed by atoms with E-state index in [-0.39, 0.29) is 12.1 Å². The molecule has 0 aromatic heterocycles. The molecule has 0 bridgehead atoms. The molecular weight excluding hydrogens is 218 g/mol. The van der Waals surface area contributed by atoms with Gasteiger partial charge < -0.3 is 19.5 Å². The van der Waals surface area contributed by atoms with Crippen LogP contribution in [0.5, 0.6) is 5.75 Å². The Morgan fingerprint density at radius 2 is 2.24 bits per heavy atom. The van der Waals surface area contributed by atoms with Gasteiger partial charge in [0.05, 0.1) is 18.8 Å². The van der Waals surface area contributed by atoms with Gasteiger partial charge in [-0.05, 0) is 12.5 Å². The zero-order valence-electron chi connectivity index (χ0n) is 9.72. The van der Waals surface area contributed by atoms with Crippen molar-refractivity contribution in [3.05, 3.63) is 29.8 Å². The van der Waals surface area contributed by atoms with E-state index >= 15 is 0 Å². The van der Waals surface area contributed by atoms with Gasteiger partial charge in [0.15, 0.2) is 0 Å². The van der Waals surface area contributed by atoms with Crippen LogP contribution < -0.4 is 10.1 Å². The summed E-state index contributed by atoms with van der Waals surface area (Å²) in [5, 5.41) is 3.50. The fourth-order valence-electron chi connectivity index (χ4n) is 2.27. The average molecular weight is 235 g/mol. The highest BCUT2D eigenvalue weighted by atomic mass is 16.7. The monoisotopic (exact) mass is 235 g/mol. The molecule has 1 aromatic rings. The van der Waals surface area contributed by atoms with Crippen LogP contribution in [0.15, 0.2) is 24.3 Å². The largest absolute Gasteiger partial charge is 0.491 e. The summed E-state index contributed by atoms with van der Waals surface area (Å²) in [6.07, 6.45) is 1.22. The van der Waals surface area contributed by atoms with E-state index in [2.05, 4.69) is 11.4 Å². The molecule has 1 fully saturated rings. The van der Waals surface area contributed by atoms with Crippen molar-refractivity contribution in [1.29, 1.82) is 0 Å². The molecule has 4 heteroatoms. The SMILES string of the molecule is c1ccc2c(c1)OCC2NCC1CCOCO1. The van der Waals surface area contributed by atoms with Crippen molar-refractivity contribution < 1.29 is 14.2 Å². The van der Waals surface area contributed by atoms with E-state index in [1.54, 1.807) is 0 Å². The molecule has 92 valence electrons. The number of fused-ring (bicyclic) bond motifs is 1. The van der Waals surface area contributed by atoms with Gasteiger partial charge in [0, 0.05) is 12.1 Å². The zero-order chi connectivity index (χ0) is 11.5. The molecule has 0 amide bonds. The van der Waals surface area contributed by atoms with Crippen molar-refractivity contribution in [2.45, 2.75) is 18.6 Å². The van der Waals surface area contributed by atoms with Gasteiger partial charge in [-0.1, -0.05) is 18.2 Å². The van der Waals surface area contributed by atoms with Crippen LogP contribution in [0.1, 0.15) is 18.0 Å². The lowest BCUT2D eigenvalue weighted by molar-refractivity contribution is -0.137. The number of para-hydroxylation sites is 1. The van der Waals surface area contributed by atoms with E-state index in [1.807, 2.05) is 18.2 Å². The van der Waals surface area contributed by atoms with E-state index < -0.39 is 0 Å². The third-order valence-corrected chi connectivity index (χ3v) is 3.26. The zero-order valence-corrected chi connectivity index (χ0v) is 9.72. The van der Waals surface area contributed by atoms with Gasteiger partial charge in [0.2, 0.25) is 0 Å². The Morgan fingerprint density at radius 1 is 1.29 bits per heavy atom. The maximum Gasteiger partial charge on any atom is 0.147 e. The summed E-state index contributed by atoms with van der Waals surface area (Å²) in [5.74, 6) is 0.998. The maximum absolute atomic E-state index is 5.62. The highest BCUT2D eigenvalue weighted by Crippen LogP contribution is 2.31. The van der Waals surface area contributed by atoms with Gasteiger partial charge in [-0.25, -0.2) is 0 Å². The highest BCUT2D eigenvalue weighted by molar-refractivity contribution is 5.39. The fraction of sp³-hybridized carbons (Fsp3) is 0.538. The van der Waals surface area contributed by atoms with Crippen LogP contribution in [0.25, 0.3) is 0 Å². The van der Waals surface area contributed by atoms with Crippen LogP contribution in [0.3, 0.4) is 0 Å². The lowest BCUT2D eigenvalue weighted by Gasteiger charge is -2.24. The summed E-state index contributed by atoms with van der Waals surface area (Å²) >= 11 is 0. The molecule has 2 unspecified atom stereocenters. The van der Waals surface area contributed by atoms with Crippen LogP contribution >= 0.6 is 0 Å². The van der Waals surface area contributed by atoms with Gasteiger partial charge in [-0.2, -0.15) is 0 Å². The molecule has 0 aliphatic carbocycles. The number of hydrogen-bond donors (Lipinski definition) is 1. The summed E-state index contributed by atoms with van der Waals surface area (Å²) in [6.45, 7) is 2.78. The van der Waals surface area contributed by atoms with Crippen LogP contribution in [-0.4, -0.2) is 32.7 Å². The predicted octanol–water partition coefficient (Wildman–Crippen LogP) is 1.47. The molecule has 0 radical (unpaired) electrons. The number of nitrogens with one attached hydrogen (secondary N) is 1. The Kier molecular flexibility index (Phi) is 3.27. The predicted molar refractivity (Wildman–Crippen MR) is 63.0 cm³/mol. The molecular formula is C13H17NO3. The number of rotatable bonds is 3. The summed E-state index contributed by atoms with van der Waals surface area (Å²) in [6, 6.07) is 8.47. The lowest BCUT2D eigenvalue weighted by Crippen LogP contribution is -2.36. The molecule has 3 rings (SSSR count). The van der Waals surface area contributed by atoms with Crippen LogP contribution in [0, 0.1) is 0 Å². The van der Waals surface area contributed by atoms with Gasteiger partial charge in [0.1, 0.15) is 19.1 Å². The van der Waals surface area contributed by atoms with Gasteiger partial charge in [0.25, 0.3) is 0 Å². The minimum Gasteiger partial charge on any atom is -0.491 e. The summed E-state index contributed by atoms with van der Waals surface area (Å²) in [7, 11) is 0. The first-order valence-electron chi connectivity index (χ1n) is 6.08. The Balaban J connectivity index is 1.56. The molecule has 2 heterocycles. The highest BCUT2D eigenvalue weighted by Gasteiger charge is 2.24. The standard InChI is InChI=1S/C13H17NO3/c1-2-4-13-11(3-1)12(8-16-13)14-7-10-5-6-15-9-17-10/h1-4,10,12,14H,5-9H2. The first-order chi connectivity index (χ1) is 8.43. The third kappa shape index (κ3) is 2.44. The molecule has 17 heavy (non-hydrogen) atoms. The molecule has 1 saturated heterocycles. The topological polar surface area (TPSA) is 39.7 Å². The fourth-order valence-corrected chi connectivity index (χ4v) is 2.27. The van der Waals surface area contributed by atoms with Crippen LogP contribution in [0.4, 0.5) is 0 Å². The van der Waals surface area contributed by atoms with Crippen LogP contribution in [0.2, 0.25) is 0 Å². The molecule has 2 atom stereocenters. The second-order valence-corrected chi connectivity index (χ2v) is 4.41. The van der Waals surface area contributed by atoms with Gasteiger partial charge in [-0.3, -0.25) is 0 Å². The van der Waals surface area contributed by atoms with Crippen molar-refractivity contribution in [3.8, 4) is 5.75 Å². The molecule has 2 aliphatic heterocycles. The normalized spacial score (nSPS) is 27.5. The van der Waals surface area contributed by atoms with Crippen molar-refractivity contribution in [2.24, 2.45) is 0 Å². The van der Waals surface area contributed by atoms with Crippen molar-refractivity contribution in [3.63, 3.8) is 0 Å². The van der Waals surface area contributed by atoms with E-state index in [1.165, 1.54) is 5.56 Å². The molecule has 0 spiro atoms. The van der Waals surface area contributed by atoms with E-state index in [0.717, 1.165) is 25.3 Å². The Hall–Kier alpha value is -1.10. The first kappa shape index (κ1) is 11.0. The second-order valence-electron chi connectivity index (χ2n) is 4.41. The van der Waals surface area contributed by atoms with Crippen LogP contribution in [-0.2, 0) is 9.47 Å². The molecule has 2 aliphatic rings. The second kappa shape index (κ2) is 5.04. The van der Waals surface area contributed by atoms with Crippen molar-refractivity contribution >= 4 is 0 Å². The summed E-state index contributed by atoms with van der Waals surface area (Å²) in [5.41, 5.74) is 1.25. The molecule has 0 saturated carbocycles. The van der Waals surface area contributed by atoms with E-state index in [0.29, 0.717) is 13.4 Å². The van der Waals surface area contributed by atoms with Crippen molar-refractivity contribution in [1.82, 2.24) is 5.32 Å². The Morgan fingerprint density at radius 3 is 3.12 bits per heavy atom. The number of ether oxygens (including phenoxy) is 3. The maximum atomic E-state index is 5.62. The van der Waals surface area contributed by atoms with Gasteiger partial charge >= 0.3 is 0 Å². The number of benzene rings is 1. The van der Waals surface area contributed by atoms with E-state index in [9.17, 15) is 0 Å². The quantitative estimate of drug-likeness (QED) is 0.861. The minimum absolute atomic E-state index is 0.261. The smallest absolute Gasteiger partial charge is 0.147 e. The summed E-state index contributed by atoms with van der Waals surface area (Å²) < 4.78 is 16.3. The molecule has 1 N–H and O–H groups in total. The molecule has 1 aromatic carbocycles. The Labute approximate surface area is 101 Å². The first-order valence-corrected chi connectivity index (χ1v) is 6.08. The average Bonchev–Trinajstić information content (AvgIpc) is 2.81. The molecule has 4 nitrogen and oxygen atoms in total.